The van der Waals surface area contributed by atoms with Crippen LogP contribution in [0.2, 0.25) is 13.1 Å². The van der Waals surface area contributed by atoms with Crippen LogP contribution in [0.25, 0.3) is 0 Å². The average molecular weight is 202 g/mol. The van der Waals surface area contributed by atoms with Crippen LogP contribution in [0, 0.1) is 0 Å². The van der Waals surface area contributed by atoms with Gasteiger partial charge in [0.2, 0.25) is 8.32 Å². The van der Waals surface area contributed by atoms with Gasteiger partial charge in [-0.1, -0.05) is 6.58 Å². The van der Waals surface area contributed by atoms with E-state index in [4.69, 9.17) is 9.16 Å². The third-order valence-electron chi connectivity index (χ3n) is 1.28. The fourth-order valence-electron chi connectivity index (χ4n) is 0.976. The van der Waals surface area contributed by atoms with Gasteiger partial charge in [0.25, 0.3) is 0 Å². The number of hydrogen-bond acceptors (Lipinski definition) is 3. The van der Waals surface area contributed by atoms with Crippen molar-refractivity contribution in [2.45, 2.75) is 33.0 Å². The number of hydrogen-bond donors (Lipinski definition) is 0. The van der Waals surface area contributed by atoms with Crippen LogP contribution in [-0.2, 0) is 14.0 Å². The van der Waals surface area contributed by atoms with Crippen molar-refractivity contribution in [3.63, 3.8) is 0 Å². The van der Waals surface area contributed by atoms with Gasteiger partial charge in [-0.2, -0.15) is 0 Å². The Morgan fingerprint density at radius 1 is 1.54 bits per heavy atom. The van der Waals surface area contributed by atoms with E-state index in [1.807, 2.05) is 26.9 Å². The smallest absolute Gasteiger partial charge is 0.329 e. The molecule has 0 fully saturated rings. The standard InChI is InChI=1S/C9H18O3Si/c1-6-9(10)11-7-13(4,5)12-8(2)3/h6,8H,1,7H2,2-5H3. The van der Waals surface area contributed by atoms with E-state index in [9.17, 15) is 4.79 Å². The molecule has 0 atom stereocenters. The van der Waals surface area contributed by atoms with Crippen LogP contribution in [0.4, 0.5) is 0 Å². The highest BCUT2D eigenvalue weighted by Gasteiger charge is 2.25. The molecule has 0 aliphatic heterocycles. The predicted octanol–water partition coefficient (Wildman–Crippen LogP) is 1.88. The lowest BCUT2D eigenvalue weighted by Gasteiger charge is -2.24. The van der Waals surface area contributed by atoms with Gasteiger partial charge in [-0.3, -0.25) is 0 Å². The van der Waals surface area contributed by atoms with Crippen LogP contribution >= 0.6 is 0 Å². The van der Waals surface area contributed by atoms with Gasteiger partial charge < -0.3 is 9.16 Å². The van der Waals surface area contributed by atoms with E-state index in [0.29, 0.717) is 6.23 Å². The SMILES string of the molecule is C=CC(=O)OC[Si](C)(C)OC(C)C. The maximum absolute atomic E-state index is 10.8. The Bertz CT molecular complexity index is 187. The predicted molar refractivity (Wildman–Crippen MR) is 54.9 cm³/mol. The molecule has 3 nitrogen and oxygen atoms in total. The largest absolute Gasteiger partial charge is 0.463 e. The van der Waals surface area contributed by atoms with E-state index < -0.39 is 8.32 Å². The molecule has 0 spiro atoms. The zero-order valence-electron chi connectivity index (χ0n) is 8.79. The summed E-state index contributed by atoms with van der Waals surface area (Å²) in [5.41, 5.74) is 0. The van der Waals surface area contributed by atoms with E-state index >= 15 is 0 Å². The molecule has 4 heteroatoms. The lowest BCUT2D eigenvalue weighted by atomic mass is 10.5. The van der Waals surface area contributed by atoms with E-state index in [-0.39, 0.29) is 12.1 Å². The Balaban J connectivity index is 3.88. The second-order valence-electron chi connectivity index (χ2n) is 3.74. The quantitative estimate of drug-likeness (QED) is 0.388. The summed E-state index contributed by atoms with van der Waals surface area (Å²) in [5, 5.41) is 0. The van der Waals surface area contributed by atoms with Crippen molar-refractivity contribution >= 4 is 14.3 Å². The molecule has 0 rings (SSSR count). The van der Waals surface area contributed by atoms with Crippen molar-refractivity contribution in [1.29, 1.82) is 0 Å². The van der Waals surface area contributed by atoms with Gasteiger partial charge in [-0.25, -0.2) is 4.79 Å². The minimum Gasteiger partial charge on any atom is -0.463 e. The molecule has 0 unspecified atom stereocenters. The summed E-state index contributed by atoms with van der Waals surface area (Å²) in [5.74, 6) is -0.382. The highest BCUT2D eigenvalue weighted by Crippen LogP contribution is 2.08. The molecular weight excluding hydrogens is 184 g/mol. The second kappa shape index (κ2) is 5.19. The lowest BCUT2D eigenvalue weighted by molar-refractivity contribution is -0.136. The zero-order valence-corrected chi connectivity index (χ0v) is 9.79. The number of carbonyl (C=O) groups excluding carboxylic acids is 1. The maximum Gasteiger partial charge on any atom is 0.329 e. The van der Waals surface area contributed by atoms with Gasteiger partial charge in [0, 0.05) is 12.2 Å². The molecule has 76 valence electrons. The summed E-state index contributed by atoms with van der Waals surface area (Å²) in [6, 6.07) is 0. The fourth-order valence-corrected chi connectivity index (χ4v) is 2.81. The lowest BCUT2D eigenvalue weighted by Crippen LogP contribution is -2.39. The Morgan fingerprint density at radius 3 is 2.46 bits per heavy atom. The molecule has 0 aromatic rings. The van der Waals surface area contributed by atoms with Crippen molar-refractivity contribution < 1.29 is 14.0 Å². The summed E-state index contributed by atoms with van der Waals surface area (Å²) >= 11 is 0. The van der Waals surface area contributed by atoms with Gasteiger partial charge in [0.05, 0.1) is 0 Å². The summed E-state index contributed by atoms with van der Waals surface area (Å²) < 4.78 is 10.6. The highest BCUT2D eigenvalue weighted by atomic mass is 28.4. The minimum atomic E-state index is -1.84. The summed E-state index contributed by atoms with van der Waals surface area (Å²) in [7, 11) is -1.84. The summed E-state index contributed by atoms with van der Waals surface area (Å²) in [4.78, 5) is 10.8. The van der Waals surface area contributed by atoms with Gasteiger partial charge in [0.1, 0.15) is 6.23 Å². The van der Waals surface area contributed by atoms with Crippen LogP contribution in [0.5, 0.6) is 0 Å². The van der Waals surface area contributed by atoms with E-state index in [1.54, 1.807) is 0 Å². The Morgan fingerprint density at radius 2 is 2.08 bits per heavy atom. The Kier molecular flexibility index (Phi) is 4.94. The van der Waals surface area contributed by atoms with Crippen LogP contribution in [0.3, 0.4) is 0 Å². The van der Waals surface area contributed by atoms with Crippen LogP contribution in [0.15, 0.2) is 12.7 Å². The van der Waals surface area contributed by atoms with Crippen LogP contribution < -0.4 is 0 Å². The molecule has 13 heavy (non-hydrogen) atoms. The van der Waals surface area contributed by atoms with Gasteiger partial charge >= 0.3 is 5.97 Å². The first-order valence-corrected chi connectivity index (χ1v) is 7.46. The molecule has 0 aromatic heterocycles. The number of carbonyl (C=O) groups is 1. The van der Waals surface area contributed by atoms with Crippen molar-refractivity contribution in [2.24, 2.45) is 0 Å². The van der Waals surface area contributed by atoms with Crippen molar-refractivity contribution in [3.8, 4) is 0 Å². The molecule has 0 saturated carbocycles. The van der Waals surface area contributed by atoms with Crippen molar-refractivity contribution in [3.05, 3.63) is 12.7 Å². The number of ether oxygens (including phenoxy) is 1. The first-order valence-electron chi connectivity index (χ1n) is 4.34. The molecule has 0 aromatic carbocycles. The minimum absolute atomic E-state index is 0.184. The first-order chi connectivity index (χ1) is 5.87. The molecule has 0 bridgehead atoms. The molecule has 0 saturated heterocycles. The van der Waals surface area contributed by atoms with Gasteiger partial charge in [-0.05, 0) is 26.9 Å². The molecule has 0 heterocycles. The molecule has 0 amide bonds. The third-order valence-corrected chi connectivity index (χ3v) is 3.23. The van der Waals surface area contributed by atoms with E-state index in [1.165, 1.54) is 6.08 Å². The Labute approximate surface area is 80.9 Å². The molecule has 0 N–H and O–H groups in total. The topological polar surface area (TPSA) is 35.5 Å². The van der Waals surface area contributed by atoms with Crippen LogP contribution in [-0.4, -0.2) is 26.6 Å². The van der Waals surface area contributed by atoms with Crippen molar-refractivity contribution in [2.75, 3.05) is 6.23 Å². The van der Waals surface area contributed by atoms with E-state index in [2.05, 4.69) is 6.58 Å². The fraction of sp³-hybridized carbons (Fsp3) is 0.667. The molecule has 0 aliphatic carbocycles. The molecule has 0 radical (unpaired) electrons. The average Bonchev–Trinajstić information content (AvgIpc) is 1.98. The monoisotopic (exact) mass is 202 g/mol. The zero-order chi connectivity index (χ0) is 10.5. The van der Waals surface area contributed by atoms with E-state index in [0.717, 1.165) is 0 Å². The maximum atomic E-state index is 10.8. The third kappa shape index (κ3) is 6.54. The normalized spacial score (nSPS) is 11.5. The summed E-state index contributed by atoms with van der Waals surface area (Å²) in [6.07, 6.45) is 1.74. The first kappa shape index (κ1) is 12.4. The summed E-state index contributed by atoms with van der Waals surface area (Å²) in [6.45, 7) is 11.3. The number of esters is 1. The Hall–Kier alpha value is -0.613. The second-order valence-corrected chi connectivity index (χ2v) is 7.78. The van der Waals surface area contributed by atoms with Crippen molar-refractivity contribution in [1.82, 2.24) is 0 Å². The number of rotatable bonds is 5. The van der Waals surface area contributed by atoms with Gasteiger partial charge in [0.15, 0.2) is 0 Å². The van der Waals surface area contributed by atoms with Crippen LogP contribution in [0.1, 0.15) is 13.8 Å². The van der Waals surface area contributed by atoms with Gasteiger partial charge in [-0.15, -0.1) is 0 Å². The highest BCUT2D eigenvalue weighted by molar-refractivity contribution is 6.71. The molecule has 0 aliphatic rings. The molecular formula is C9H18O3Si.